The summed E-state index contributed by atoms with van der Waals surface area (Å²) in [6.45, 7) is 2.68. The van der Waals surface area contributed by atoms with Gasteiger partial charge in [-0.25, -0.2) is 4.39 Å². The second-order valence-corrected chi connectivity index (χ2v) is 10.6. The number of nitrogens with one attached hydrogen (secondary N) is 1. The molecule has 3 fully saturated rings. The van der Waals surface area contributed by atoms with Crippen molar-refractivity contribution < 1.29 is 13.9 Å². The molecule has 9 heteroatoms. The Kier molecular flexibility index (Phi) is 5.83. The summed E-state index contributed by atoms with van der Waals surface area (Å²) in [5, 5.41) is 6.46. The zero-order chi connectivity index (χ0) is 24.9. The van der Waals surface area contributed by atoms with Crippen LogP contribution in [0.25, 0.3) is 32.9 Å². The average molecular weight is 520 g/mol. The summed E-state index contributed by atoms with van der Waals surface area (Å²) in [4.78, 5) is 16.1. The molecule has 2 aromatic carbocycles. The first-order valence-electron chi connectivity index (χ1n) is 12.9. The van der Waals surface area contributed by atoms with E-state index in [1.165, 1.54) is 0 Å². The number of hydrogen-bond acceptors (Lipinski definition) is 7. The molecule has 7 nitrogen and oxygen atoms in total. The van der Waals surface area contributed by atoms with Crippen LogP contribution in [-0.4, -0.2) is 59.4 Å². The number of fused-ring (bicyclic) bond motifs is 4. The second-order valence-electron chi connectivity index (χ2n) is 10.1. The normalized spacial score (nSPS) is 23.3. The van der Waals surface area contributed by atoms with Crippen LogP contribution in [0.2, 0.25) is 5.02 Å². The van der Waals surface area contributed by atoms with Crippen molar-refractivity contribution in [2.75, 3.05) is 31.2 Å². The Morgan fingerprint density at radius 1 is 1.08 bits per heavy atom. The van der Waals surface area contributed by atoms with E-state index in [1.54, 1.807) is 6.20 Å². The first-order chi connectivity index (χ1) is 18.1. The lowest BCUT2D eigenvalue weighted by Crippen LogP contribution is -2.51. The summed E-state index contributed by atoms with van der Waals surface area (Å²) >= 11 is 6.55. The molecule has 3 atom stereocenters. The maximum absolute atomic E-state index is 16.3. The van der Waals surface area contributed by atoms with E-state index in [2.05, 4.69) is 20.2 Å². The van der Waals surface area contributed by atoms with E-state index < -0.39 is 5.82 Å². The van der Waals surface area contributed by atoms with Crippen LogP contribution >= 0.6 is 11.6 Å². The number of nitrogens with zero attached hydrogens (tertiary/aromatic N) is 4. The molecule has 0 aliphatic carbocycles. The zero-order valence-corrected chi connectivity index (χ0v) is 21.0. The lowest BCUT2D eigenvalue weighted by molar-refractivity contribution is 0.0647. The first-order valence-corrected chi connectivity index (χ1v) is 13.3. The Bertz CT molecular complexity index is 1480. The minimum absolute atomic E-state index is 0.00783. The van der Waals surface area contributed by atoms with Gasteiger partial charge in [0.25, 0.3) is 0 Å². The Balaban J connectivity index is 1.36. The average Bonchev–Trinajstić information content (AvgIpc) is 3.56. The highest BCUT2D eigenvalue weighted by molar-refractivity contribution is 6.36. The van der Waals surface area contributed by atoms with Crippen LogP contribution in [0.5, 0.6) is 6.01 Å². The summed E-state index contributed by atoms with van der Waals surface area (Å²) in [5.41, 5.74) is 1.04. The number of benzene rings is 2. The molecule has 190 valence electrons. The van der Waals surface area contributed by atoms with Crippen LogP contribution in [0.4, 0.5) is 10.2 Å². The molecular formula is C28H27ClFN5O2. The van der Waals surface area contributed by atoms with Crippen molar-refractivity contribution in [1.82, 2.24) is 20.3 Å². The highest BCUT2D eigenvalue weighted by Crippen LogP contribution is 2.38. The van der Waals surface area contributed by atoms with Crippen LogP contribution in [0, 0.1) is 5.82 Å². The van der Waals surface area contributed by atoms with Crippen LogP contribution in [0.1, 0.15) is 25.7 Å². The number of rotatable bonds is 5. The number of anilines is 1. The Labute approximate surface area is 219 Å². The molecule has 0 spiro atoms. The van der Waals surface area contributed by atoms with Crippen molar-refractivity contribution in [2.45, 2.75) is 43.9 Å². The lowest BCUT2D eigenvalue weighted by Gasteiger charge is -2.34. The molecule has 3 saturated heterocycles. The highest BCUT2D eigenvalue weighted by atomic mass is 35.5. The summed E-state index contributed by atoms with van der Waals surface area (Å²) in [5.74, 6) is 0.160. The second kappa shape index (κ2) is 9.35. The Hall–Kier alpha value is -3.07. The fraction of sp³-hybridized carbons (Fsp3) is 0.393. The molecule has 2 aromatic heterocycles. The molecule has 0 amide bonds. The molecule has 0 saturated carbocycles. The fourth-order valence-electron chi connectivity index (χ4n) is 5.92. The van der Waals surface area contributed by atoms with Gasteiger partial charge in [0, 0.05) is 53.9 Å². The van der Waals surface area contributed by atoms with E-state index in [9.17, 15) is 0 Å². The molecule has 4 aromatic rings. The quantitative estimate of drug-likeness (QED) is 0.391. The SMILES string of the molecule is Fc1c(-c2cccc3cccc(Cl)c23)ncc2c(N3CC4CCC(C3)N4)nc(OC[C@@H]3CCCO3)nc12. The maximum Gasteiger partial charge on any atom is 0.319 e. The lowest BCUT2D eigenvalue weighted by atomic mass is 10.0. The van der Waals surface area contributed by atoms with Crippen molar-refractivity contribution >= 4 is 39.1 Å². The topological polar surface area (TPSA) is 72.4 Å². The van der Waals surface area contributed by atoms with Crippen molar-refractivity contribution in [3.05, 3.63) is 53.4 Å². The van der Waals surface area contributed by atoms with Crippen molar-refractivity contribution in [1.29, 1.82) is 0 Å². The number of halogens is 2. The monoisotopic (exact) mass is 519 g/mol. The fourth-order valence-corrected chi connectivity index (χ4v) is 6.20. The Morgan fingerprint density at radius 2 is 1.89 bits per heavy atom. The predicted molar refractivity (Wildman–Crippen MR) is 142 cm³/mol. The van der Waals surface area contributed by atoms with Gasteiger partial charge in [-0.3, -0.25) is 4.98 Å². The standard InChI is InChI=1S/C28H27ClFN5O2/c29-22-8-2-5-16-4-1-7-20(23(16)22)25-24(30)26-21(12-31-25)27(35-13-17-9-10-18(14-35)32-17)34-28(33-26)37-15-19-6-3-11-36-19/h1-2,4-5,7-8,12,17-19,32H,3,6,9-11,13-15H2/t17?,18?,19-/m0/s1. The van der Waals surface area contributed by atoms with E-state index in [-0.39, 0.29) is 23.3 Å². The number of hydrogen-bond donors (Lipinski definition) is 1. The van der Waals surface area contributed by atoms with Gasteiger partial charge in [-0.1, -0.05) is 41.9 Å². The van der Waals surface area contributed by atoms with Crippen LogP contribution < -0.4 is 15.0 Å². The summed E-state index contributed by atoms with van der Waals surface area (Å²) in [6, 6.07) is 12.3. The van der Waals surface area contributed by atoms with Gasteiger partial charge in [0.05, 0.1) is 11.5 Å². The molecule has 1 N–H and O–H groups in total. The molecule has 3 aliphatic rings. The van der Waals surface area contributed by atoms with Gasteiger partial charge in [0.15, 0.2) is 5.82 Å². The van der Waals surface area contributed by atoms with Crippen molar-refractivity contribution in [3.63, 3.8) is 0 Å². The van der Waals surface area contributed by atoms with E-state index in [1.807, 2.05) is 36.4 Å². The van der Waals surface area contributed by atoms with Gasteiger partial charge >= 0.3 is 6.01 Å². The van der Waals surface area contributed by atoms with Crippen LogP contribution in [0.3, 0.4) is 0 Å². The molecular weight excluding hydrogens is 493 g/mol. The van der Waals surface area contributed by atoms with Gasteiger partial charge in [-0.05, 0) is 37.1 Å². The number of aromatic nitrogens is 3. The number of piperazine rings is 1. The van der Waals surface area contributed by atoms with Gasteiger partial charge in [0.2, 0.25) is 0 Å². The smallest absolute Gasteiger partial charge is 0.319 e. The molecule has 7 rings (SSSR count). The van der Waals surface area contributed by atoms with E-state index in [0.717, 1.165) is 56.2 Å². The molecule has 0 radical (unpaired) electrons. The summed E-state index contributed by atoms with van der Waals surface area (Å²) in [6.07, 6.45) is 5.90. The van der Waals surface area contributed by atoms with E-state index in [0.29, 0.717) is 40.5 Å². The number of ether oxygens (including phenoxy) is 2. The molecule has 2 unspecified atom stereocenters. The minimum atomic E-state index is -0.506. The Morgan fingerprint density at radius 3 is 2.68 bits per heavy atom. The zero-order valence-electron chi connectivity index (χ0n) is 20.3. The first kappa shape index (κ1) is 23.1. The maximum atomic E-state index is 16.3. The van der Waals surface area contributed by atoms with Crippen LogP contribution in [-0.2, 0) is 4.74 Å². The third-order valence-electron chi connectivity index (χ3n) is 7.69. The van der Waals surface area contributed by atoms with Gasteiger partial charge in [-0.15, -0.1) is 0 Å². The largest absolute Gasteiger partial charge is 0.461 e. The minimum Gasteiger partial charge on any atom is -0.461 e. The molecule has 5 heterocycles. The van der Waals surface area contributed by atoms with Crippen molar-refractivity contribution in [3.8, 4) is 17.3 Å². The molecule has 37 heavy (non-hydrogen) atoms. The van der Waals surface area contributed by atoms with Crippen LogP contribution in [0.15, 0.2) is 42.6 Å². The van der Waals surface area contributed by atoms with Gasteiger partial charge < -0.3 is 19.7 Å². The van der Waals surface area contributed by atoms with Gasteiger partial charge in [0.1, 0.15) is 23.6 Å². The summed E-state index contributed by atoms with van der Waals surface area (Å²) in [7, 11) is 0. The van der Waals surface area contributed by atoms with Gasteiger partial charge in [-0.2, -0.15) is 9.97 Å². The predicted octanol–water partition coefficient (Wildman–Crippen LogP) is 5.14. The van der Waals surface area contributed by atoms with E-state index in [4.69, 9.17) is 26.1 Å². The molecule has 3 aliphatic heterocycles. The number of pyridine rings is 1. The van der Waals surface area contributed by atoms with Crippen molar-refractivity contribution in [2.24, 2.45) is 0 Å². The third-order valence-corrected chi connectivity index (χ3v) is 8.01. The summed E-state index contributed by atoms with van der Waals surface area (Å²) < 4.78 is 28.0. The highest BCUT2D eigenvalue weighted by Gasteiger charge is 2.34. The molecule has 2 bridgehead atoms. The third kappa shape index (κ3) is 4.17. The van der Waals surface area contributed by atoms with E-state index >= 15 is 4.39 Å².